The molecule has 5 nitrogen and oxygen atoms in total. The van der Waals surface area contributed by atoms with E-state index in [0.29, 0.717) is 5.01 Å². The van der Waals surface area contributed by atoms with Gasteiger partial charge in [0.2, 0.25) is 0 Å². The number of amides is 2. The third-order valence-corrected chi connectivity index (χ3v) is 0.652. The largest absolute Gasteiger partial charge is 0.350 e. The van der Waals surface area contributed by atoms with Crippen molar-refractivity contribution in [1.82, 2.24) is 5.01 Å². The van der Waals surface area contributed by atoms with Crippen LogP contribution in [0.3, 0.4) is 0 Å². The number of nitrogens with zero attached hydrogens (tertiary/aromatic N) is 2. The average Bonchev–Trinajstić information content (AvgIpc) is 1.69. The van der Waals surface area contributed by atoms with E-state index in [-0.39, 0.29) is 19.0 Å². The molecule has 0 atom stereocenters. The quantitative estimate of drug-likeness (QED) is 0.463. The fourth-order valence-electron chi connectivity index (χ4n) is 0.254. The van der Waals surface area contributed by atoms with Crippen LogP contribution in [-0.4, -0.2) is 17.6 Å². The van der Waals surface area contributed by atoms with Gasteiger partial charge < -0.3 is 5.73 Å². The number of rotatable bonds is 2. The number of nitrogens with two attached hydrogens (primary N) is 1. The molecule has 2 N–H and O–H groups in total. The third kappa shape index (κ3) is 3.72. The zero-order chi connectivity index (χ0) is 6.57. The Bertz CT molecular complexity index is 107. The molecule has 54 valence electrons. The number of urea groups is 1. The first-order chi connectivity index (χ1) is 3.72. The molecule has 0 aromatic rings. The summed E-state index contributed by atoms with van der Waals surface area (Å²) in [5.74, 6) is 0. The van der Waals surface area contributed by atoms with E-state index in [1.807, 2.05) is 0 Å². The molecule has 0 aromatic heterocycles. The molecule has 2 amide bonds. The van der Waals surface area contributed by atoms with Crippen LogP contribution in [0.1, 0.15) is 6.92 Å². The van der Waals surface area contributed by atoms with Crippen molar-refractivity contribution in [2.24, 2.45) is 11.0 Å². The minimum Gasteiger partial charge on any atom is -0.350 e. The van der Waals surface area contributed by atoms with Crippen molar-refractivity contribution in [3.63, 3.8) is 0 Å². The van der Waals surface area contributed by atoms with Crippen LogP contribution in [0.4, 0.5) is 4.79 Å². The fourth-order valence-corrected chi connectivity index (χ4v) is 0.254. The van der Waals surface area contributed by atoms with Crippen LogP contribution < -0.4 is 5.73 Å². The van der Waals surface area contributed by atoms with Crippen LogP contribution >= 0.6 is 12.4 Å². The topological polar surface area (TPSA) is 75.8 Å². The van der Waals surface area contributed by atoms with Crippen molar-refractivity contribution >= 4 is 18.4 Å². The zero-order valence-corrected chi connectivity index (χ0v) is 5.72. The lowest BCUT2D eigenvalue weighted by Gasteiger charge is -2.03. The number of carbonyl (C=O) groups is 1. The van der Waals surface area contributed by atoms with Crippen molar-refractivity contribution in [2.45, 2.75) is 6.92 Å². The summed E-state index contributed by atoms with van der Waals surface area (Å²) in [5.41, 5.74) is 4.65. The smallest absolute Gasteiger partial charge is 0.337 e. The first-order valence-electron chi connectivity index (χ1n) is 2.12. The predicted octanol–water partition coefficient (Wildman–Crippen LogP) is 0.490. The van der Waals surface area contributed by atoms with Crippen molar-refractivity contribution < 1.29 is 4.79 Å². The monoisotopic (exact) mass is 153 g/mol. The Kier molecular flexibility index (Phi) is 6.49. The summed E-state index contributed by atoms with van der Waals surface area (Å²) in [6.07, 6.45) is 0. The molecule has 9 heavy (non-hydrogen) atoms. The van der Waals surface area contributed by atoms with Gasteiger partial charge in [-0.2, -0.15) is 5.01 Å². The molecule has 0 bridgehead atoms. The summed E-state index contributed by atoms with van der Waals surface area (Å²) in [7, 11) is 0. The summed E-state index contributed by atoms with van der Waals surface area (Å²) < 4.78 is 0. The van der Waals surface area contributed by atoms with Gasteiger partial charge in [0, 0.05) is 6.54 Å². The van der Waals surface area contributed by atoms with Gasteiger partial charge >= 0.3 is 6.03 Å². The second kappa shape index (κ2) is 5.30. The lowest BCUT2D eigenvalue weighted by atomic mass is 10.7. The summed E-state index contributed by atoms with van der Waals surface area (Å²) in [4.78, 5) is 19.6. The van der Waals surface area contributed by atoms with E-state index in [0.717, 1.165) is 0 Å². The van der Waals surface area contributed by atoms with Gasteiger partial charge in [0.15, 0.2) is 0 Å². The molecular weight excluding hydrogens is 146 g/mol. The molecule has 0 heterocycles. The van der Waals surface area contributed by atoms with Crippen LogP contribution in [0.5, 0.6) is 0 Å². The molecule has 0 unspecified atom stereocenters. The molecule has 0 aliphatic carbocycles. The molecule has 0 spiro atoms. The Balaban J connectivity index is 0. The number of halogens is 1. The SMILES string of the molecule is CCN(N=O)C(N)=O.Cl. The summed E-state index contributed by atoms with van der Waals surface area (Å²) in [6.45, 7) is 1.82. The Labute approximate surface area is 58.5 Å². The van der Waals surface area contributed by atoms with Crippen LogP contribution in [0.25, 0.3) is 0 Å². The minimum atomic E-state index is -0.817. The molecule has 0 saturated heterocycles. The van der Waals surface area contributed by atoms with Gasteiger partial charge in [-0.25, -0.2) is 4.79 Å². The fraction of sp³-hybridized carbons (Fsp3) is 0.667. The Morgan fingerprint density at radius 2 is 2.22 bits per heavy atom. The van der Waals surface area contributed by atoms with Gasteiger partial charge in [0.1, 0.15) is 0 Å². The van der Waals surface area contributed by atoms with E-state index in [9.17, 15) is 9.70 Å². The molecule has 6 heteroatoms. The van der Waals surface area contributed by atoms with Gasteiger partial charge in [0.25, 0.3) is 0 Å². The number of nitroso groups, excluding NO2 is 1. The molecular formula is C3H8ClN3O2. The van der Waals surface area contributed by atoms with Gasteiger partial charge in [-0.3, -0.25) is 0 Å². The van der Waals surface area contributed by atoms with E-state index >= 15 is 0 Å². The lowest BCUT2D eigenvalue weighted by molar-refractivity contribution is 0.212. The minimum absolute atomic E-state index is 0. The highest BCUT2D eigenvalue weighted by molar-refractivity contribution is 5.85. The van der Waals surface area contributed by atoms with E-state index in [2.05, 4.69) is 11.0 Å². The molecule has 0 radical (unpaired) electrons. The highest BCUT2D eigenvalue weighted by Crippen LogP contribution is 1.83. The summed E-state index contributed by atoms with van der Waals surface area (Å²) >= 11 is 0. The van der Waals surface area contributed by atoms with Gasteiger partial charge in [-0.15, -0.1) is 17.3 Å². The van der Waals surface area contributed by atoms with E-state index in [1.54, 1.807) is 6.92 Å². The normalized spacial score (nSPS) is 7.22. The standard InChI is InChI=1S/C3H7N3O2.ClH/c1-2-6(5-8)3(4)7;/h2H2,1H3,(H2,4,7);1H. The first-order valence-corrected chi connectivity index (χ1v) is 2.12. The van der Waals surface area contributed by atoms with Crippen LogP contribution in [0, 0.1) is 4.91 Å². The zero-order valence-electron chi connectivity index (χ0n) is 4.90. The Morgan fingerprint density at radius 3 is 2.22 bits per heavy atom. The highest BCUT2D eigenvalue weighted by atomic mass is 35.5. The van der Waals surface area contributed by atoms with E-state index in [4.69, 9.17) is 0 Å². The predicted molar refractivity (Wildman–Crippen MR) is 35.0 cm³/mol. The third-order valence-electron chi connectivity index (χ3n) is 0.652. The number of carbonyl (C=O) groups excluding carboxylic acids is 1. The molecule has 0 aliphatic heterocycles. The van der Waals surface area contributed by atoms with Crippen LogP contribution in [-0.2, 0) is 0 Å². The molecule has 0 saturated carbocycles. The summed E-state index contributed by atoms with van der Waals surface area (Å²) in [6, 6.07) is -0.817. The Morgan fingerprint density at radius 1 is 1.78 bits per heavy atom. The molecule has 0 aliphatic rings. The average molecular weight is 154 g/mol. The van der Waals surface area contributed by atoms with Crippen molar-refractivity contribution in [3.8, 4) is 0 Å². The second-order valence-electron chi connectivity index (χ2n) is 1.14. The van der Waals surface area contributed by atoms with Crippen LogP contribution in [0.2, 0.25) is 0 Å². The van der Waals surface area contributed by atoms with Crippen molar-refractivity contribution in [2.75, 3.05) is 6.54 Å². The van der Waals surface area contributed by atoms with Gasteiger partial charge in [0.05, 0.1) is 5.29 Å². The van der Waals surface area contributed by atoms with E-state index < -0.39 is 6.03 Å². The van der Waals surface area contributed by atoms with Crippen LogP contribution in [0.15, 0.2) is 5.29 Å². The lowest BCUT2D eigenvalue weighted by Crippen LogP contribution is -2.30. The highest BCUT2D eigenvalue weighted by Gasteiger charge is 2.03. The first kappa shape index (κ1) is 11.0. The number of hydrogen-bond acceptors (Lipinski definition) is 3. The second-order valence-corrected chi connectivity index (χ2v) is 1.14. The maximum absolute atomic E-state index is 10.0. The maximum Gasteiger partial charge on any atom is 0.337 e. The number of hydrogen-bond donors (Lipinski definition) is 1. The molecule has 0 rings (SSSR count). The maximum atomic E-state index is 10.0. The van der Waals surface area contributed by atoms with Crippen molar-refractivity contribution in [1.29, 1.82) is 0 Å². The Hall–Kier alpha value is -0.840. The van der Waals surface area contributed by atoms with Gasteiger partial charge in [-0.1, -0.05) is 0 Å². The molecule has 0 fully saturated rings. The number of primary amides is 1. The molecule has 0 aromatic carbocycles. The van der Waals surface area contributed by atoms with E-state index in [1.165, 1.54) is 0 Å². The summed E-state index contributed by atoms with van der Waals surface area (Å²) in [5, 5.41) is 2.94. The van der Waals surface area contributed by atoms with Crippen molar-refractivity contribution in [3.05, 3.63) is 4.91 Å². The van der Waals surface area contributed by atoms with Gasteiger partial charge in [-0.05, 0) is 6.92 Å².